The fourth-order valence-electron chi connectivity index (χ4n) is 2.80. The number of para-hydroxylation sites is 1. The van der Waals surface area contributed by atoms with Gasteiger partial charge in [-0.25, -0.2) is 4.98 Å². The van der Waals surface area contributed by atoms with Crippen molar-refractivity contribution in [2.45, 2.75) is 6.42 Å². The first kappa shape index (κ1) is 17.5. The summed E-state index contributed by atoms with van der Waals surface area (Å²) in [6, 6.07) is 15.1. The van der Waals surface area contributed by atoms with Crippen molar-refractivity contribution >= 4 is 50.8 Å². The third kappa shape index (κ3) is 3.77. The lowest BCUT2D eigenvalue weighted by atomic mass is 10.0. The minimum atomic E-state index is -0.906. The molecule has 2 N–H and O–H groups in total. The molecule has 0 aliphatic heterocycles. The molecule has 7 heteroatoms. The Labute approximate surface area is 164 Å². The third-order valence-electron chi connectivity index (χ3n) is 4.04. The van der Waals surface area contributed by atoms with Crippen molar-refractivity contribution in [2.24, 2.45) is 0 Å². The van der Waals surface area contributed by atoms with Crippen LogP contribution in [0.3, 0.4) is 0 Å². The Hall–Kier alpha value is -2.96. The lowest BCUT2D eigenvalue weighted by Gasteiger charge is -2.03. The molecule has 27 heavy (non-hydrogen) atoms. The number of hydrogen-bond acceptors (Lipinski definition) is 4. The maximum atomic E-state index is 11.4. The number of hydrogen-bond donors (Lipinski definition) is 2. The van der Waals surface area contributed by atoms with Crippen LogP contribution in [-0.2, 0) is 4.79 Å². The van der Waals surface area contributed by atoms with E-state index in [1.165, 1.54) is 11.3 Å². The number of aromatic nitrogens is 3. The number of halogens is 1. The number of aliphatic carboxylic acids is 1. The molecule has 0 fully saturated rings. The molecule has 0 atom stereocenters. The highest BCUT2D eigenvalue weighted by Gasteiger charge is 2.15. The zero-order chi connectivity index (χ0) is 18.8. The maximum absolute atomic E-state index is 11.4. The van der Waals surface area contributed by atoms with E-state index in [2.05, 4.69) is 15.2 Å². The number of H-pyrrole nitrogens is 1. The van der Waals surface area contributed by atoms with Crippen LogP contribution in [0.5, 0.6) is 0 Å². The molecule has 5 nitrogen and oxygen atoms in total. The van der Waals surface area contributed by atoms with Gasteiger partial charge in [-0.05, 0) is 35.9 Å². The van der Waals surface area contributed by atoms with Gasteiger partial charge in [0.05, 0.1) is 28.5 Å². The molecule has 0 aliphatic carbocycles. The lowest BCUT2D eigenvalue weighted by molar-refractivity contribution is -0.135. The highest BCUT2D eigenvalue weighted by molar-refractivity contribution is 7.19. The molecule has 0 spiro atoms. The Morgan fingerprint density at radius 3 is 2.70 bits per heavy atom. The molecule has 0 saturated heterocycles. The molecule has 0 unspecified atom stereocenters. The average molecular weight is 396 g/mol. The zero-order valence-corrected chi connectivity index (χ0v) is 15.6. The molecule has 134 valence electrons. The van der Waals surface area contributed by atoms with Gasteiger partial charge in [-0.2, -0.15) is 5.10 Å². The Morgan fingerprint density at radius 2 is 1.96 bits per heavy atom. The summed E-state index contributed by atoms with van der Waals surface area (Å²) in [6.07, 6.45) is 3.39. The zero-order valence-electron chi connectivity index (χ0n) is 14.0. The van der Waals surface area contributed by atoms with Crippen molar-refractivity contribution < 1.29 is 9.90 Å². The maximum Gasteiger partial charge on any atom is 0.307 e. The number of benzene rings is 2. The topological polar surface area (TPSA) is 78.9 Å². The first-order chi connectivity index (χ1) is 13.1. The van der Waals surface area contributed by atoms with Gasteiger partial charge in [0.1, 0.15) is 5.01 Å². The summed E-state index contributed by atoms with van der Waals surface area (Å²) in [5.74, 6) is -0.906. The van der Waals surface area contributed by atoms with Crippen LogP contribution < -0.4 is 0 Å². The van der Waals surface area contributed by atoms with Crippen LogP contribution in [0.4, 0.5) is 0 Å². The van der Waals surface area contributed by atoms with Crippen LogP contribution in [0, 0.1) is 0 Å². The molecular formula is C20H14ClN3O2S. The Bertz CT molecular complexity index is 1110. The highest BCUT2D eigenvalue weighted by Crippen LogP contribution is 2.32. The van der Waals surface area contributed by atoms with E-state index in [-0.39, 0.29) is 6.42 Å². The van der Waals surface area contributed by atoms with Crippen molar-refractivity contribution in [3.63, 3.8) is 0 Å². The van der Waals surface area contributed by atoms with Gasteiger partial charge >= 0.3 is 5.97 Å². The number of aromatic amines is 1. The Balaban J connectivity index is 1.79. The minimum Gasteiger partial charge on any atom is -0.481 e. The van der Waals surface area contributed by atoms with Crippen molar-refractivity contribution in [3.05, 3.63) is 70.3 Å². The number of rotatable bonds is 5. The number of carboxylic acid groups (broad SMARTS) is 1. The van der Waals surface area contributed by atoms with Gasteiger partial charge < -0.3 is 5.11 Å². The number of nitrogens with one attached hydrogen (secondary N) is 1. The summed E-state index contributed by atoms with van der Waals surface area (Å²) in [5.41, 5.74) is 4.02. The van der Waals surface area contributed by atoms with E-state index in [1.54, 1.807) is 18.3 Å². The van der Waals surface area contributed by atoms with Gasteiger partial charge in [0.2, 0.25) is 0 Å². The van der Waals surface area contributed by atoms with Crippen LogP contribution in [0.25, 0.3) is 33.1 Å². The molecule has 0 bridgehead atoms. The van der Waals surface area contributed by atoms with E-state index in [4.69, 9.17) is 11.6 Å². The lowest BCUT2D eigenvalue weighted by Crippen LogP contribution is -1.97. The molecule has 0 saturated carbocycles. The van der Waals surface area contributed by atoms with E-state index in [0.717, 1.165) is 27.0 Å². The fourth-order valence-corrected chi connectivity index (χ4v) is 3.91. The minimum absolute atomic E-state index is 0.120. The van der Waals surface area contributed by atoms with Crippen LogP contribution in [0.1, 0.15) is 17.0 Å². The van der Waals surface area contributed by atoms with Crippen molar-refractivity contribution in [1.29, 1.82) is 0 Å². The van der Waals surface area contributed by atoms with Crippen molar-refractivity contribution in [1.82, 2.24) is 15.2 Å². The van der Waals surface area contributed by atoms with Crippen LogP contribution in [0.15, 0.2) is 54.7 Å². The van der Waals surface area contributed by atoms with Gasteiger partial charge in [-0.3, -0.25) is 9.89 Å². The third-order valence-corrected chi connectivity index (χ3v) is 5.41. The summed E-state index contributed by atoms with van der Waals surface area (Å²) in [4.78, 5) is 16.0. The quantitative estimate of drug-likeness (QED) is 0.477. The van der Waals surface area contributed by atoms with E-state index < -0.39 is 5.97 Å². The summed E-state index contributed by atoms with van der Waals surface area (Å²) >= 11 is 7.45. The molecule has 2 aromatic carbocycles. The first-order valence-corrected chi connectivity index (χ1v) is 9.37. The summed E-state index contributed by atoms with van der Waals surface area (Å²) in [6.45, 7) is 0. The smallest absolute Gasteiger partial charge is 0.307 e. The molecule has 2 heterocycles. The molecular weight excluding hydrogens is 382 g/mol. The molecule has 0 radical (unpaired) electrons. The molecule has 4 rings (SSSR count). The van der Waals surface area contributed by atoms with E-state index in [1.807, 2.05) is 42.5 Å². The van der Waals surface area contributed by atoms with Gasteiger partial charge in [-0.1, -0.05) is 35.9 Å². The number of carboxylic acids is 1. The second-order valence-corrected chi connectivity index (χ2v) is 7.40. The largest absolute Gasteiger partial charge is 0.481 e. The van der Waals surface area contributed by atoms with Crippen LogP contribution in [0.2, 0.25) is 5.02 Å². The number of thiazole rings is 1. The Kier molecular flexibility index (Phi) is 4.75. The number of carbonyl (C=O) groups is 1. The molecule has 4 aromatic rings. The second kappa shape index (κ2) is 7.34. The van der Waals surface area contributed by atoms with Gasteiger partial charge in [0, 0.05) is 16.1 Å². The summed E-state index contributed by atoms with van der Waals surface area (Å²) in [7, 11) is 0. The van der Waals surface area contributed by atoms with E-state index >= 15 is 0 Å². The fraction of sp³-hybridized carbons (Fsp3) is 0.0500. The standard InChI is InChI=1S/C20H14ClN3O2S/c21-15-7-5-12(6-8-15)19-14(11-22-24-19)9-13(10-18(25)26)20-23-16-3-1-2-4-17(16)27-20/h1-9,11H,10H2,(H,22,24)(H,25,26)/b13-9+. The highest BCUT2D eigenvalue weighted by atomic mass is 35.5. The van der Waals surface area contributed by atoms with Crippen molar-refractivity contribution in [3.8, 4) is 11.3 Å². The van der Waals surface area contributed by atoms with Crippen molar-refractivity contribution in [2.75, 3.05) is 0 Å². The molecule has 2 aromatic heterocycles. The number of nitrogens with zero attached hydrogens (tertiary/aromatic N) is 2. The van der Waals surface area contributed by atoms with Crippen LogP contribution >= 0.6 is 22.9 Å². The summed E-state index contributed by atoms with van der Waals surface area (Å²) < 4.78 is 1.02. The van der Waals surface area contributed by atoms with E-state index in [0.29, 0.717) is 15.6 Å². The predicted octanol–water partition coefficient (Wildman–Crippen LogP) is 5.36. The predicted molar refractivity (Wildman–Crippen MR) is 109 cm³/mol. The number of fused-ring (bicyclic) bond motifs is 1. The van der Waals surface area contributed by atoms with Gasteiger partial charge in [-0.15, -0.1) is 11.3 Å². The second-order valence-electron chi connectivity index (χ2n) is 5.93. The monoisotopic (exact) mass is 395 g/mol. The first-order valence-electron chi connectivity index (χ1n) is 8.18. The Morgan fingerprint density at radius 1 is 1.19 bits per heavy atom. The van der Waals surface area contributed by atoms with Gasteiger partial charge in [0.25, 0.3) is 0 Å². The average Bonchev–Trinajstić information content (AvgIpc) is 3.28. The molecule has 0 amide bonds. The van der Waals surface area contributed by atoms with E-state index in [9.17, 15) is 9.90 Å². The normalized spacial score (nSPS) is 11.8. The van der Waals surface area contributed by atoms with Gasteiger partial charge in [0.15, 0.2) is 0 Å². The van der Waals surface area contributed by atoms with Crippen LogP contribution in [-0.4, -0.2) is 26.3 Å². The SMILES string of the molecule is O=C(O)C/C(=C\c1cn[nH]c1-c1ccc(Cl)cc1)c1nc2ccccc2s1. The summed E-state index contributed by atoms with van der Waals surface area (Å²) in [5, 5.41) is 17.8. The molecule has 0 aliphatic rings.